The predicted molar refractivity (Wildman–Crippen MR) is 94.8 cm³/mol. The van der Waals surface area contributed by atoms with Crippen LogP contribution in [0.15, 0.2) is 48.5 Å². The molecular weight excluding hydrogens is 335 g/mol. The molecule has 0 spiro atoms. The summed E-state index contributed by atoms with van der Waals surface area (Å²) in [5.41, 5.74) is 1.25. The average Bonchev–Trinajstić information content (AvgIpc) is 3.24. The minimum Gasteiger partial charge on any atom is -0.352 e. The van der Waals surface area contributed by atoms with Crippen LogP contribution in [0, 0.1) is 11.7 Å². The molecule has 0 radical (unpaired) electrons. The summed E-state index contributed by atoms with van der Waals surface area (Å²) in [6.07, 6.45) is 0.115. The first-order valence-corrected chi connectivity index (χ1v) is 8.38. The van der Waals surface area contributed by atoms with E-state index in [0.717, 1.165) is 10.9 Å². The Bertz CT molecular complexity index is 984. The molecule has 1 atom stereocenters. The van der Waals surface area contributed by atoms with Gasteiger partial charge in [-0.2, -0.15) is 5.10 Å². The van der Waals surface area contributed by atoms with Gasteiger partial charge in [-0.05, 0) is 18.2 Å². The number of hydrogen-bond donors (Lipinski definition) is 2. The van der Waals surface area contributed by atoms with Crippen LogP contribution in [0.3, 0.4) is 0 Å². The second-order valence-corrected chi connectivity index (χ2v) is 6.31. The molecule has 1 aromatic heterocycles. The van der Waals surface area contributed by atoms with Crippen molar-refractivity contribution in [2.24, 2.45) is 5.92 Å². The highest BCUT2D eigenvalue weighted by Gasteiger charge is 2.36. The second-order valence-electron chi connectivity index (χ2n) is 6.31. The van der Waals surface area contributed by atoms with Gasteiger partial charge in [-0.3, -0.25) is 19.6 Å². The quantitative estimate of drug-likeness (QED) is 0.757. The molecule has 2 N–H and O–H groups in total. The fraction of sp³-hybridized carbons (Fsp3) is 0.211. The molecular formula is C19H17FN4O2. The third-order valence-corrected chi connectivity index (χ3v) is 4.61. The molecule has 1 saturated heterocycles. The van der Waals surface area contributed by atoms with Crippen molar-refractivity contribution in [3.8, 4) is 0 Å². The van der Waals surface area contributed by atoms with Gasteiger partial charge in [0.2, 0.25) is 11.8 Å². The first-order valence-electron chi connectivity index (χ1n) is 8.38. The standard InChI is InChI=1S/C19H17FN4O2/c20-15-7-3-1-5-12(15)10-21-19(26)13-9-17(25)24(11-13)18-14-6-2-4-8-16(14)22-23-18/h1-8,13H,9-11H2,(H,21,26)(H,22,23)/t13-/m0/s1. The lowest BCUT2D eigenvalue weighted by molar-refractivity contribution is -0.126. The molecule has 132 valence electrons. The van der Waals surface area contributed by atoms with E-state index < -0.39 is 5.92 Å². The normalized spacial score (nSPS) is 17.0. The van der Waals surface area contributed by atoms with Gasteiger partial charge in [0.1, 0.15) is 5.82 Å². The van der Waals surface area contributed by atoms with Gasteiger partial charge in [0, 0.05) is 30.5 Å². The number of amides is 2. The van der Waals surface area contributed by atoms with E-state index in [1.807, 2.05) is 24.3 Å². The lowest BCUT2D eigenvalue weighted by atomic mass is 10.1. The maximum Gasteiger partial charge on any atom is 0.229 e. The molecule has 3 aromatic rings. The van der Waals surface area contributed by atoms with Gasteiger partial charge < -0.3 is 5.32 Å². The van der Waals surface area contributed by atoms with Crippen molar-refractivity contribution in [3.05, 3.63) is 59.9 Å². The summed E-state index contributed by atoms with van der Waals surface area (Å²) in [5, 5.41) is 10.7. The third-order valence-electron chi connectivity index (χ3n) is 4.61. The highest BCUT2D eigenvalue weighted by atomic mass is 19.1. The van der Waals surface area contributed by atoms with E-state index in [9.17, 15) is 14.0 Å². The highest BCUT2D eigenvalue weighted by Crippen LogP contribution is 2.29. The zero-order chi connectivity index (χ0) is 18.1. The van der Waals surface area contributed by atoms with E-state index in [-0.39, 0.29) is 37.1 Å². The largest absolute Gasteiger partial charge is 0.352 e. The zero-order valence-corrected chi connectivity index (χ0v) is 13.9. The Morgan fingerprint density at radius 2 is 2.00 bits per heavy atom. The molecule has 2 aromatic carbocycles. The molecule has 0 bridgehead atoms. The van der Waals surface area contributed by atoms with Crippen molar-refractivity contribution in [3.63, 3.8) is 0 Å². The number of para-hydroxylation sites is 1. The minimum absolute atomic E-state index is 0.0987. The average molecular weight is 352 g/mol. The number of aromatic amines is 1. The minimum atomic E-state index is -0.482. The number of carbonyl (C=O) groups is 2. The van der Waals surface area contributed by atoms with Crippen molar-refractivity contribution in [1.82, 2.24) is 15.5 Å². The van der Waals surface area contributed by atoms with Gasteiger partial charge in [0.15, 0.2) is 5.82 Å². The van der Waals surface area contributed by atoms with Gasteiger partial charge >= 0.3 is 0 Å². The van der Waals surface area contributed by atoms with Crippen molar-refractivity contribution in [2.75, 3.05) is 11.4 Å². The summed E-state index contributed by atoms with van der Waals surface area (Å²) in [4.78, 5) is 26.3. The third kappa shape index (κ3) is 2.92. The Kier molecular flexibility index (Phi) is 4.12. The van der Waals surface area contributed by atoms with Crippen LogP contribution in [0.25, 0.3) is 10.9 Å². The van der Waals surface area contributed by atoms with Crippen molar-refractivity contribution >= 4 is 28.5 Å². The van der Waals surface area contributed by atoms with Crippen LogP contribution in [0.2, 0.25) is 0 Å². The molecule has 1 aliphatic heterocycles. The monoisotopic (exact) mass is 352 g/mol. The topological polar surface area (TPSA) is 78.1 Å². The number of rotatable bonds is 4. The zero-order valence-electron chi connectivity index (χ0n) is 13.9. The Labute approximate surface area is 149 Å². The molecule has 7 heteroatoms. The van der Waals surface area contributed by atoms with E-state index >= 15 is 0 Å². The maximum absolute atomic E-state index is 13.7. The summed E-state index contributed by atoms with van der Waals surface area (Å²) < 4.78 is 13.7. The summed E-state index contributed by atoms with van der Waals surface area (Å²) in [6.45, 7) is 0.359. The molecule has 0 aliphatic carbocycles. The van der Waals surface area contributed by atoms with Crippen LogP contribution in [-0.2, 0) is 16.1 Å². The summed E-state index contributed by atoms with van der Waals surface area (Å²) in [5.74, 6) is -0.711. The van der Waals surface area contributed by atoms with E-state index in [2.05, 4.69) is 15.5 Å². The van der Waals surface area contributed by atoms with E-state index in [4.69, 9.17) is 0 Å². The van der Waals surface area contributed by atoms with Crippen LogP contribution in [0.4, 0.5) is 10.2 Å². The fourth-order valence-electron chi connectivity index (χ4n) is 3.21. The summed E-state index contributed by atoms with van der Waals surface area (Å²) >= 11 is 0. The Balaban J connectivity index is 1.46. The van der Waals surface area contributed by atoms with Gasteiger partial charge in [0.25, 0.3) is 0 Å². The Hall–Kier alpha value is -3.22. The van der Waals surface area contributed by atoms with E-state index in [1.54, 1.807) is 18.2 Å². The molecule has 6 nitrogen and oxygen atoms in total. The molecule has 26 heavy (non-hydrogen) atoms. The van der Waals surface area contributed by atoms with Crippen LogP contribution in [0.1, 0.15) is 12.0 Å². The number of hydrogen-bond acceptors (Lipinski definition) is 3. The number of halogens is 1. The smallest absolute Gasteiger partial charge is 0.229 e. The van der Waals surface area contributed by atoms with Crippen molar-refractivity contribution < 1.29 is 14.0 Å². The molecule has 0 saturated carbocycles. The fourth-order valence-corrected chi connectivity index (χ4v) is 3.21. The Morgan fingerprint density at radius 3 is 2.85 bits per heavy atom. The molecule has 2 heterocycles. The van der Waals surface area contributed by atoms with Crippen LogP contribution >= 0.6 is 0 Å². The first kappa shape index (κ1) is 16.3. The van der Waals surface area contributed by atoms with Gasteiger partial charge in [-0.25, -0.2) is 4.39 Å². The molecule has 0 unspecified atom stereocenters. The summed E-state index contributed by atoms with van der Waals surface area (Å²) in [6, 6.07) is 13.8. The van der Waals surface area contributed by atoms with E-state index in [0.29, 0.717) is 11.4 Å². The molecule has 4 rings (SSSR count). The number of H-pyrrole nitrogens is 1. The molecule has 2 amide bonds. The number of carbonyl (C=O) groups excluding carboxylic acids is 2. The van der Waals surface area contributed by atoms with Gasteiger partial charge in [-0.15, -0.1) is 0 Å². The lowest BCUT2D eigenvalue weighted by Crippen LogP contribution is -2.33. The number of aromatic nitrogens is 2. The number of nitrogens with one attached hydrogen (secondary N) is 2. The Morgan fingerprint density at radius 1 is 1.23 bits per heavy atom. The molecule has 1 fully saturated rings. The first-order chi connectivity index (χ1) is 12.6. The summed E-state index contributed by atoms with van der Waals surface area (Å²) in [7, 11) is 0. The predicted octanol–water partition coefficient (Wildman–Crippen LogP) is 2.37. The van der Waals surface area contributed by atoms with Crippen LogP contribution in [-0.4, -0.2) is 28.6 Å². The highest BCUT2D eigenvalue weighted by molar-refractivity contribution is 6.05. The number of anilines is 1. The number of nitrogens with zero attached hydrogens (tertiary/aromatic N) is 2. The number of fused-ring (bicyclic) bond motifs is 1. The lowest BCUT2D eigenvalue weighted by Gasteiger charge is -2.14. The van der Waals surface area contributed by atoms with Crippen LogP contribution in [0.5, 0.6) is 0 Å². The van der Waals surface area contributed by atoms with Crippen molar-refractivity contribution in [1.29, 1.82) is 0 Å². The van der Waals surface area contributed by atoms with Crippen LogP contribution < -0.4 is 10.2 Å². The van der Waals surface area contributed by atoms with Crippen molar-refractivity contribution in [2.45, 2.75) is 13.0 Å². The SMILES string of the molecule is O=C(NCc1ccccc1F)[C@H]1CC(=O)N(c2n[nH]c3ccccc23)C1. The second kappa shape index (κ2) is 6.59. The van der Waals surface area contributed by atoms with Gasteiger partial charge in [-0.1, -0.05) is 30.3 Å². The number of benzene rings is 2. The molecule has 1 aliphatic rings. The van der Waals surface area contributed by atoms with Gasteiger partial charge in [0.05, 0.1) is 11.4 Å². The van der Waals surface area contributed by atoms with E-state index in [1.165, 1.54) is 11.0 Å². The maximum atomic E-state index is 13.7.